The van der Waals surface area contributed by atoms with Gasteiger partial charge in [-0.05, 0) is 33.0 Å². The minimum absolute atomic E-state index is 0.206. The number of nitrogens with zero attached hydrogens (tertiary/aromatic N) is 1. The van der Waals surface area contributed by atoms with E-state index in [-0.39, 0.29) is 12.1 Å². The Kier molecular flexibility index (Phi) is 7.78. The first-order valence-corrected chi connectivity index (χ1v) is 7.37. The van der Waals surface area contributed by atoms with Crippen LogP contribution in [0.3, 0.4) is 0 Å². The summed E-state index contributed by atoms with van der Waals surface area (Å²) in [6, 6.07) is 4.29. The van der Waals surface area contributed by atoms with E-state index < -0.39 is 11.6 Å². The van der Waals surface area contributed by atoms with Crippen molar-refractivity contribution in [2.45, 2.75) is 32.4 Å². The van der Waals surface area contributed by atoms with Crippen molar-refractivity contribution in [3.8, 4) is 0 Å². The van der Waals surface area contributed by atoms with Crippen LogP contribution >= 0.6 is 0 Å². The maximum Gasteiger partial charge on any atom is 0.163 e. The second-order valence-corrected chi connectivity index (χ2v) is 5.39. The second kappa shape index (κ2) is 9.07. The molecule has 0 bridgehead atoms. The fraction of sp³-hybridized carbons (Fsp3) is 0.625. The molecule has 1 N–H and O–H groups in total. The molecule has 0 amide bonds. The molecule has 5 heteroatoms. The number of likely N-dealkylation sites (N-methyl/N-ethyl adjacent to an activating group) is 1. The monoisotopic (exact) mass is 300 g/mol. The standard InChI is InChI=1S/C16H26F2N2O/c1-5-9-19-15(10-20(3)12(2)11-21-4)13-7-6-8-14(17)16(13)18/h6-8,12,15,19H,5,9-11H2,1-4H3. The number of rotatable bonds is 9. The smallest absolute Gasteiger partial charge is 0.163 e. The zero-order chi connectivity index (χ0) is 15.8. The Morgan fingerprint density at radius 3 is 2.67 bits per heavy atom. The lowest BCUT2D eigenvalue weighted by Crippen LogP contribution is -2.40. The van der Waals surface area contributed by atoms with Gasteiger partial charge in [-0.25, -0.2) is 8.78 Å². The molecule has 0 saturated carbocycles. The highest BCUT2D eigenvalue weighted by Gasteiger charge is 2.21. The molecule has 21 heavy (non-hydrogen) atoms. The molecule has 0 aliphatic rings. The summed E-state index contributed by atoms with van der Waals surface area (Å²) in [6.45, 7) is 6.03. The van der Waals surface area contributed by atoms with Gasteiger partial charge >= 0.3 is 0 Å². The molecular formula is C16H26F2N2O. The topological polar surface area (TPSA) is 24.5 Å². The third kappa shape index (κ3) is 5.34. The van der Waals surface area contributed by atoms with Gasteiger partial charge in [0.15, 0.2) is 11.6 Å². The van der Waals surface area contributed by atoms with E-state index in [1.165, 1.54) is 0 Å². The van der Waals surface area contributed by atoms with Crippen molar-refractivity contribution in [2.75, 3.05) is 33.9 Å². The molecule has 0 spiro atoms. The van der Waals surface area contributed by atoms with E-state index in [1.807, 2.05) is 20.9 Å². The lowest BCUT2D eigenvalue weighted by atomic mass is 10.0. The maximum absolute atomic E-state index is 14.0. The Bertz CT molecular complexity index is 429. The number of hydrogen-bond donors (Lipinski definition) is 1. The molecule has 0 heterocycles. The van der Waals surface area contributed by atoms with Crippen molar-refractivity contribution in [3.05, 3.63) is 35.4 Å². The van der Waals surface area contributed by atoms with Crippen LogP contribution in [0.2, 0.25) is 0 Å². The zero-order valence-corrected chi connectivity index (χ0v) is 13.3. The SMILES string of the molecule is CCCNC(CN(C)C(C)COC)c1cccc(F)c1F. The summed E-state index contributed by atoms with van der Waals surface area (Å²) in [4.78, 5) is 2.08. The number of methoxy groups -OCH3 is 1. The number of benzene rings is 1. The van der Waals surface area contributed by atoms with Crippen molar-refractivity contribution in [3.63, 3.8) is 0 Å². The number of hydrogen-bond acceptors (Lipinski definition) is 3. The molecule has 0 saturated heterocycles. The van der Waals surface area contributed by atoms with E-state index in [0.29, 0.717) is 18.7 Å². The lowest BCUT2D eigenvalue weighted by molar-refractivity contribution is 0.109. The van der Waals surface area contributed by atoms with E-state index in [0.717, 1.165) is 19.0 Å². The Labute approximate surface area is 126 Å². The van der Waals surface area contributed by atoms with E-state index in [1.54, 1.807) is 19.2 Å². The molecule has 1 aromatic carbocycles. The van der Waals surface area contributed by atoms with E-state index in [9.17, 15) is 8.78 Å². The summed E-state index contributed by atoms with van der Waals surface area (Å²) < 4.78 is 32.6. The van der Waals surface area contributed by atoms with Crippen molar-refractivity contribution in [1.29, 1.82) is 0 Å². The summed E-state index contributed by atoms with van der Waals surface area (Å²) in [6.07, 6.45) is 0.935. The number of halogens is 2. The molecule has 0 aliphatic heterocycles. The van der Waals surface area contributed by atoms with Gasteiger partial charge in [-0.3, -0.25) is 4.90 Å². The van der Waals surface area contributed by atoms with Crippen LogP contribution in [0.4, 0.5) is 8.78 Å². The Balaban J connectivity index is 2.87. The summed E-state index contributed by atoms with van der Waals surface area (Å²) in [5.41, 5.74) is 0.375. The third-order valence-corrected chi connectivity index (χ3v) is 3.63. The Morgan fingerprint density at radius 1 is 1.33 bits per heavy atom. The van der Waals surface area contributed by atoms with Gasteiger partial charge in [-0.1, -0.05) is 19.1 Å². The summed E-state index contributed by atoms with van der Waals surface area (Å²) in [7, 11) is 3.62. The molecule has 2 unspecified atom stereocenters. The molecule has 3 nitrogen and oxygen atoms in total. The number of nitrogens with one attached hydrogen (secondary N) is 1. The Morgan fingerprint density at radius 2 is 2.05 bits per heavy atom. The first-order valence-electron chi connectivity index (χ1n) is 7.37. The predicted molar refractivity (Wildman–Crippen MR) is 81.4 cm³/mol. The lowest BCUT2D eigenvalue weighted by Gasteiger charge is -2.29. The van der Waals surface area contributed by atoms with Crippen LogP contribution in [-0.4, -0.2) is 44.8 Å². The van der Waals surface area contributed by atoms with Crippen LogP contribution in [0.15, 0.2) is 18.2 Å². The third-order valence-electron chi connectivity index (χ3n) is 3.63. The molecule has 0 radical (unpaired) electrons. The van der Waals surface area contributed by atoms with Gasteiger partial charge in [0, 0.05) is 31.3 Å². The average molecular weight is 300 g/mol. The van der Waals surface area contributed by atoms with Gasteiger partial charge in [0.25, 0.3) is 0 Å². The highest BCUT2D eigenvalue weighted by molar-refractivity contribution is 5.23. The van der Waals surface area contributed by atoms with Crippen molar-refractivity contribution < 1.29 is 13.5 Å². The normalized spacial score (nSPS) is 14.4. The van der Waals surface area contributed by atoms with Crippen molar-refractivity contribution in [2.24, 2.45) is 0 Å². The van der Waals surface area contributed by atoms with Crippen LogP contribution in [0.25, 0.3) is 0 Å². The van der Waals surface area contributed by atoms with Crippen molar-refractivity contribution in [1.82, 2.24) is 10.2 Å². The molecule has 2 atom stereocenters. The van der Waals surface area contributed by atoms with Gasteiger partial charge in [-0.15, -0.1) is 0 Å². The van der Waals surface area contributed by atoms with Crippen LogP contribution in [-0.2, 0) is 4.74 Å². The van der Waals surface area contributed by atoms with E-state index in [2.05, 4.69) is 10.2 Å². The van der Waals surface area contributed by atoms with Gasteiger partial charge < -0.3 is 10.1 Å². The maximum atomic E-state index is 14.0. The van der Waals surface area contributed by atoms with Gasteiger partial charge in [-0.2, -0.15) is 0 Å². The van der Waals surface area contributed by atoms with Crippen LogP contribution in [0, 0.1) is 11.6 Å². The summed E-state index contributed by atoms with van der Waals surface area (Å²) in [5.74, 6) is -1.57. The zero-order valence-electron chi connectivity index (χ0n) is 13.3. The fourth-order valence-corrected chi connectivity index (χ4v) is 2.22. The molecular weight excluding hydrogens is 274 g/mol. The van der Waals surface area contributed by atoms with Gasteiger partial charge in [0.05, 0.1) is 6.61 Å². The van der Waals surface area contributed by atoms with E-state index in [4.69, 9.17) is 4.74 Å². The first kappa shape index (κ1) is 18.0. The van der Waals surface area contributed by atoms with Crippen LogP contribution < -0.4 is 5.32 Å². The highest BCUT2D eigenvalue weighted by Crippen LogP contribution is 2.21. The van der Waals surface area contributed by atoms with Crippen LogP contribution in [0.1, 0.15) is 31.9 Å². The largest absolute Gasteiger partial charge is 0.383 e. The molecule has 0 aliphatic carbocycles. The highest BCUT2D eigenvalue weighted by atomic mass is 19.2. The van der Waals surface area contributed by atoms with Gasteiger partial charge in [0.1, 0.15) is 0 Å². The van der Waals surface area contributed by atoms with E-state index >= 15 is 0 Å². The fourth-order valence-electron chi connectivity index (χ4n) is 2.22. The van der Waals surface area contributed by atoms with Gasteiger partial charge in [0.2, 0.25) is 0 Å². The minimum Gasteiger partial charge on any atom is -0.383 e. The molecule has 1 rings (SSSR count). The van der Waals surface area contributed by atoms with Crippen molar-refractivity contribution >= 4 is 0 Å². The predicted octanol–water partition coefficient (Wildman–Crippen LogP) is 2.97. The number of ether oxygens (including phenoxy) is 1. The average Bonchev–Trinajstić information content (AvgIpc) is 2.46. The first-order chi connectivity index (χ1) is 10.0. The Hall–Kier alpha value is -1.04. The minimum atomic E-state index is -0.802. The summed E-state index contributed by atoms with van der Waals surface area (Å²) >= 11 is 0. The quantitative estimate of drug-likeness (QED) is 0.759. The molecule has 0 aromatic heterocycles. The van der Waals surface area contributed by atoms with Crippen LogP contribution in [0.5, 0.6) is 0 Å². The molecule has 120 valence electrons. The second-order valence-electron chi connectivity index (χ2n) is 5.39. The molecule has 1 aromatic rings. The summed E-state index contributed by atoms with van der Waals surface area (Å²) in [5, 5.41) is 3.29. The molecule has 0 fully saturated rings.